The van der Waals surface area contributed by atoms with Gasteiger partial charge in [0.15, 0.2) is 6.73 Å². The number of hydrogen-bond acceptors (Lipinski definition) is 5. The normalized spacial score (nSPS) is 22.9. The Morgan fingerprint density at radius 2 is 1.74 bits per heavy atom. The highest BCUT2D eigenvalue weighted by Gasteiger charge is 2.49. The van der Waals surface area contributed by atoms with Crippen molar-refractivity contribution in [3.63, 3.8) is 0 Å². The van der Waals surface area contributed by atoms with E-state index in [1.807, 2.05) is 43.3 Å². The number of hydrogen-bond donors (Lipinski definition) is 3. The second-order valence-electron chi connectivity index (χ2n) is 9.77. The Labute approximate surface area is 198 Å². The molecule has 1 fully saturated rings. The number of benzene rings is 3. The molecule has 1 saturated carbocycles. The number of fused-ring (bicyclic) bond motifs is 3. The minimum atomic E-state index is -0.694. The van der Waals surface area contributed by atoms with Crippen molar-refractivity contribution in [2.45, 2.75) is 44.2 Å². The van der Waals surface area contributed by atoms with Crippen LogP contribution in [0.1, 0.15) is 30.9 Å². The highest BCUT2D eigenvalue weighted by molar-refractivity contribution is 5.83. The lowest BCUT2D eigenvalue weighted by Gasteiger charge is -2.49. The van der Waals surface area contributed by atoms with Crippen molar-refractivity contribution in [2.24, 2.45) is 5.73 Å². The maximum Gasteiger partial charge on any atom is 0.167 e. The third kappa shape index (κ3) is 3.34. The Morgan fingerprint density at radius 1 is 1.00 bits per heavy atom. The van der Waals surface area contributed by atoms with Crippen LogP contribution in [-0.2, 0) is 18.9 Å². The molecule has 0 bridgehead atoms. The summed E-state index contributed by atoms with van der Waals surface area (Å²) in [5, 5.41) is 19.7. The molecule has 1 aliphatic heterocycles. The Kier molecular flexibility index (Phi) is 4.68. The van der Waals surface area contributed by atoms with Gasteiger partial charge >= 0.3 is 0 Å². The summed E-state index contributed by atoms with van der Waals surface area (Å²) in [5.74, 6) is 1.57. The van der Waals surface area contributed by atoms with Gasteiger partial charge in [-0.15, -0.1) is 0 Å². The molecule has 6 heteroatoms. The van der Waals surface area contributed by atoms with Crippen molar-refractivity contribution < 1.29 is 14.9 Å². The van der Waals surface area contributed by atoms with Crippen molar-refractivity contribution in [1.82, 2.24) is 9.55 Å². The maximum absolute atomic E-state index is 10.2. The summed E-state index contributed by atoms with van der Waals surface area (Å²) in [6.45, 7) is 2.14. The molecular weight excluding hydrogens is 426 g/mol. The predicted octanol–water partition coefficient (Wildman–Crippen LogP) is 4.43. The topological polar surface area (TPSA) is 93.5 Å². The summed E-state index contributed by atoms with van der Waals surface area (Å²) >= 11 is 0. The number of aromatic nitrogens is 2. The van der Waals surface area contributed by atoms with E-state index in [-0.39, 0.29) is 6.61 Å². The largest absolute Gasteiger partial charge is 0.472 e. The third-order valence-electron chi connectivity index (χ3n) is 6.96. The zero-order valence-corrected chi connectivity index (χ0v) is 19.0. The SMILES string of the molecule is CC1(O)CC(N)(c2ccc(-c3nc4n(c3-c3ccccc3)COc3cc(CO)ccc3-4)cc2)C1. The molecule has 6 rings (SSSR count). The van der Waals surface area contributed by atoms with Crippen LogP contribution < -0.4 is 10.5 Å². The molecule has 0 radical (unpaired) electrons. The highest BCUT2D eigenvalue weighted by atomic mass is 16.5. The monoisotopic (exact) mass is 453 g/mol. The zero-order valence-electron chi connectivity index (χ0n) is 19.0. The number of rotatable bonds is 4. The van der Waals surface area contributed by atoms with Crippen LogP contribution >= 0.6 is 0 Å². The molecule has 34 heavy (non-hydrogen) atoms. The van der Waals surface area contributed by atoms with Gasteiger partial charge in [-0.25, -0.2) is 4.98 Å². The maximum atomic E-state index is 10.2. The summed E-state index contributed by atoms with van der Waals surface area (Å²) in [4.78, 5) is 5.09. The molecule has 0 unspecified atom stereocenters. The molecule has 1 aromatic heterocycles. The fraction of sp³-hybridized carbons (Fsp3) is 0.250. The fourth-order valence-electron chi connectivity index (χ4n) is 5.45. The van der Waals surface area contributed by atoms with E-state index in [1.165, 1.54) is 0 Å². The molecule has 1 aliphatic carbocycles. The predicted molar refractivity (Wildman–Crippen MR) is 131 cm³/mol. The number of imidazole rings is 1. The van der Waals surface area contributed by atoms with Gasteiger partial charge in [-0.2, -0.15) is 0 Å². The molecule has 4 aromatic rings. The van der Waals surface area contributed by atoms with Gasteiger partial charge in [-0.05, 0) is 43.0 Å². The molecule has 0 spiro atoms. The van der Waals surface area contributed by atoms with Crippen LogP contribution in [0.5, 0.6) is 5.75 Å². The van der Waals surface area contributed by atoms with Crippen molar-refractivity contribution in [1.29, 1.82) is 0 Å². The molecule has 0 atom stereocenters. The number of aliphatic hydroxyl groups is 2. The van der Waals surface area contributed by atoms with Crippen molar-refractivity contribution in [3.05, 3.63) is 83.9 Å². The van der Waals surface area contributed by atoms with E-state index >= 15 is 0 Å². The molecule has 6 nitrogen and oxygen atoms in total. The molecule has 2 heterocycles. The second kappa shape index (κ2) is 7.53. The quantitative estimate of drug-likeness (QED) is 0.425. The summed E-state index contributed by atoms with van der Waals surface area (Å²) in [6, 6.07) is 24.2. The van der Waals surface area contributed by atoms with Crippen LogP contribution in [0.2, 0.25) is 0 Å². The first-order valence-corrected chi connectivity index (χ1v) is 11.5. The second-order valence-corrected chi connectivity index (χ2v) is 9.77. The third-order valence-corrected chi connectivity index (χ3v) is 6.96. The number of nitrogens with zero attached hydrogens (tertiary/aromatic N) is 2. The van der Waals surface area contributed by atoms with Crippen LogP contribution in [0.25, 0.3) is 33.9 Å². The summed E-state index contributed by atoms with van der Waals surface area (Å²) in [5.41, 5.74) is 12.0. The first-order chi connectivity index (χ1) is 16.4. The smallest absolute Gasteiger partial charge is 0.167 e. The minimum absolute atomic E-state index is 0.0317. The molecule has 4 N–H and O–H groups in total. The van der Waals surface area contributed by atoms with Crippen molar-refractivity contribution in [3.8, 4) is 39.7 Å². The Morgan fingerprint density at radius 3 is 2.41 bits per heavy atom. The van der Waals surface area contributed by atoms with Crippen LogP contribution in [0.4, 0.5) is 0 Å². The summed E-state index contributed by atoms with van der Waals surface area (Å²) in [6.07, 6.45) is 1.11. The Bertz CT molecular complexity index is 1370. The summed E-state index contributed by atoms with van der Waals surface area (Å²) < 4.78 is 8.19. The van der Waals surface area contributed by atoms with Gasteiger partial charge in [-0.1, -0.05) is 60.7 Å². The summed E-state index contributed by atoms with van der Waals surface area (Å²) in [7, 11) is 0. The molecular formula is C28H27N3O3. The van der Waals surface area contributed by atoms with Gasteiger partial charge in [-0.3, -0.25) is 4.57 Å². The average molecular weight is 454 g/mol. The van der Waals surface area contributed by atoms with Crippen LogP contribution in [0.3, 0.4) is 0 Å². The van der Waals surface area contributed by atoms with E-state index in [9.17, 15) is 10.2 Å². The number of ether oxygens (including phenoxy) is 1. The van der Waals surface area contributed by atoms with E-state index in [1.54, 1.807) is 0 Å². The molecule has 0 saturated heterocycles. The van der Waals surface area contributed by atoms with Gasteiger partial charge in [0.25, 0.3) is 0 Å². The van der Waals surface area contributed by atoms with Crippen LogP contribution in [0, 0.1) is 0 Å². The van der Waals surface area contributed by atoms with Crippen LogP contribution in [0.15, 0.2) is 72.8 Å². The first kappa shape index (κ1) is 21.1. The zero-order chi connectivity index (χ0) is 23.5. The fourth-order valence-corrected chi connectivity index (χ4v) is 5.45. The molecule has 2 aliphatic rings. The lowest BCUT2D eigenvalue weighted by molar-refractivity contribution is -0.0738. The van der Waals surface area contributed by atoms with Crippen LogP contribution in [-0.4, -0.2) is 25.4 Å². The van der Waals surface area contributed by atoms with Gasteiger partial charge in [0, 0.05) is 16.7 Å². The molecule has 172 valence electrons. The van der Waals surface area contributed by atoms with E-state index in [2.05, 4.69) is 41.0 Å². The van der Waals surface area contributed by atoms with E-state index in [4.69, 9.17) is 15.5 Å². The Hall–Kier alpha value is -3.45. The van der Waals surface area contributed by atoms with Gasteiger partial charge in [0.1, 0.15) is 11.6 Å². The number of nitrogens with two attached hydrogens (primary N) is 1. The number of aliphatic hydroxyl groups excluding tert-OH is 1. The average Bonchev–Trinajstić information content (AvgIpc) is 3.23. The van der Waals surface area contributed by atoms with Gasteiger partial charge in [0.05, 0.1) is 29.2 Å². The highest BCUT2D eigenvalue weighted by Crippen LogP contribution is 2.47. The lowest BCUT2D eigenvalue weighted by Crippen LogP contribution is -2.58. The Balaban J connectivity index is 1.47. The molecule has 0 amide bonds. The van der Waals surface area contributed by atoms with Gasteiger partial charge in [0.2, 0.25) is 0 Å². The minimum Gasteiger partial charge on any atom is -0.472 e. The van der Waals surface area contributed by atoms with Crippen molar-refractivity contribution in [2.75, 3.05) is 0 Å². The van der Waals surface area contributed by atoms with E-state index in [0.29, 0.717) is 19.6 Å². The van der Waals surface area contributed by atoms with Crippen molar-refractivity contribution >= 4 is 0 Å². The standard InChI is InChI=1S/C28H27N3O3/c1-27(33)15-28(29,16-27)21-10-8-19(9-11-21)24-25(20-5-3-2-4-6-20)31-17-34-23-13-18(14-32)7-12-22(23)26(31)30-24/h2-13,32-33H,14-17,29H2,1H3. The lowest BCUT2D eigenvalue weighted by atomic mass is 9.63. The molecule has 3 aromatic carbocycles. The van der Waals surface area contributed by atoms with Gasteiger partial charge < -0.3 is 20.7 Å². The first-order valence-electron chi connectivity index (χ1n) is 11.5. The van der Waals surface area contributed by atoms with E-state index < -0.39 is 11.1 Å². The van der Waals surface area contributed by atoms with E-state index in [0.717, 1.165) is 50.8 Å².